The number of Topliss-reactive ketones (excluding diaryl/α,β-unsaturated/α-hetero) is 1. The van der Waals surface area contributed by atoms with Gasteiger partial charge in [-0.1, -0.05) is 18.2 Å². The van der Waals surface area contributed by atoms with E-state index < -0.39 is 0 Å². The Morgan fingerprint density at radius 3 is 2.81 bits per heavy atom. The molecule has 2 aromatic rings. The highest BCUT2D eigenvalue weighted by Crippen LogP contribution is 2.21. The van der Waals surface area contributed by atoms with Gasteiger partial charge in [-0.05, 0) is 19.2 Å². The first kappa shape index (κ1) is 11.3. The van der Waals surface area contributed by atoms with E-state index in [1.54, 1.807) is 6.92 Å². The second kappa shape index (κ2) is 4.74. The molecule has 3 heteroatoms. The third kappa shape index (κ3) is 2.00. The molecular formula is C13H15NOS. The minimum atomic E-state index is 0.138. The standard InChI is InChI=1S/C13H15NOS/c1-10(15)12-9-14(7-8-16-2)13-6-4-3-5-11(12)13/h3-6,9H,7-8H2,1-2H3. The van der Waals surface area contributed by atoms with Gasteiger partial charge in [0.15, 0.2) is 5.78 Å². The lowest BCUT2D eigenvalue weighted by atomic mass is 10.1. The van der Waals surface area contributed by atoms with Gasteiger partial charge in [-0.2, -0.15) is 11.8 Å². The molecule has 1 heterocycles. The van der Waals surface area contributed by atoms with Gasteiger partial charge in [0, 0.05) is 35.0 Å². The van der Waals surface area contributed by atoms with Gasteiger partial charge in [0.2, 0.25) is 0 Å². The molecule has 1 aromatic carbocycles. The number of para-hydroxylation sites is 1. The Hall–Kier alpha value is -1.22. The van der Waals surface area contributed by atoms with E-state index in [2.05, 4.69) is 16.9 Å². The SMILES string of the molecule is CSCCn1cc(C(C)=O)c2ccccc21. The second-order valence-corrected chi connectivity index (χ2v) is 4.79. The third-order valence-electron chi connectivity index (χ3n) is 2.70. The summed E-state index contributed by atoms with van der Waals surface area (Å²) < 4.78 is 2.17. The van der Waals surface area contributed by atoms with Gasteiger partial charge >= 0.3 is 0 Å². The fourth-order valence-electron chi connectivity index (χ4n) is 1.90. The molecule has 0 unspecified atom stereocenters. The zero-order chi connectivity index (χ0) is 11.5. The quantitative estimate of drug-likeness (QED) is 0.756. The summed E-state index contributed by atoms with van der Waals surface area (Å²) in [5, 5.41) is 1.07. The molecule has 2 nitrogen and oxygen atoms in total. The number of rotatable bonds is 4. The lowest BCUT2D eigenvalue weighted by Gasteiger charge is -2.02. The number of aryl methyl sites for hydroxylation is 1. The summed E-state index contributed by atoms with van der Waals surface area (Å²) in [6.07, 6.45) is 4.07. The van der Waals surface area contributed by atoms with Gasteiger partial charge in [0.25, 0.3) is 0 Å². The van der Waals surface area contributed by atoms with Crippen LogP contribution in [0, 0.1) is 0 Å². The van der Waals surface area contributed by atoms with Crippen LogP contribution >= 0.6 is 11.8 Å². The summed E-state index contributed by atoms with van der Waals surface area (Å²) in [6, 6.07) is 8.08. The maximum Gasteiger partial charge on any atom is 0.161 e. The minimum Gasteiger partial charge on any atom is -0.346 e. The fraction of sp³-hybridized carbons (Fsp3) is 0.308. The summed E-state index contributed by atoms with van der Waals surface area (Å²) in [5.74, 6) is 1.20. The average molecular weight is 233 g/mol. The fourth-order valence-corrected chi connectivity index (χ4v) is 2.28. The molecule has 0 amide bonds. The van der Waals surface area contributed by atoms with E-state index >= 15 is 0 Å². The number of carbonyl (C=O) groups is 1. The molecule has 0 aliphatic heterocycles. The smallest absolute Gasteiger partial charge is 0.161 e. The highest BCUT2D eigenvalue weighted by atomic mass is 32.2. The molecule has 0 N–H and O–H groups in total. The van der Waals surface area contributed by atoms with E-state index in [0.717, 1.165) is 28.8 Å². The zero-order valence-corrected chi connectivity index (χ0v) is 10.4. The van der Waals surface area contributed by atoms with Crippen molar-refractivity contribution in [2.45, 2.75) is 13.5 Å². The van der Waals surface area contributed by atoms with Crippen molar-refractivity contribution >= 4 is 28.4 Å². The number of hydrogen-bond donors (Lipinski definition) is 0. The predicted octanol–water partition coefficient (Wildman–Crippen LogP) is 3.21. The first-order valence-electron chi connectivity index (χ1n) is 5.32. The lowest BCUT2D eigenvalue weighted by molar-refractivity contribution is 0.101. The van der Waals surface area contributed by atoms with Crippen LogP contribution in [0.25, 0.3) is 10.9 Å². The van der Waals surface area contributed by atoms with E-state index in [1.807, 2.05) is 36.2 Å². The zero-order valence-electron chi connectivity index (χ0n) is 9.56. The van der Waals surface area contributed by atoms with Crippen molar-refractivity contribution < 1.29 is 4.79 Å². The number of nitrogens with zero attached hydrogens (tertiary/aromatic N) is 1. The van der Waals surface area contributed by atoms with Crippen LogP contribution in [0.1, 0.15) is 17.3 Å². The molecule has 0 saturated carbocycles. The van der Waals surface area contributed by atoms with Crippen molar-refractivity contribution in [2.24, 2.45) is 0 Å². The summed E-state index contributed by atoms with van der Waals surface area (Å²) >= 11 is 1.82. The Kier molecular flexibility index (Phi) is 3.34. The van der Waals surface area contributed by atoms with Crippen LogP contribution in [0.3, 0.4) is 0 Å². The molecule has 0 saturated heterocycles. The number of aromatic nitrogens is 1. The number of ketones is 1. The van der Waals surface area contributed by atoms with Crippen molar-refractivity contribution in [1.82, 2.24) is 4.57 Å². The molecule has 0 aliphatic carbocycles. The van der Waals surface area contributed by atoms with Gasteiger partial charge in [-0.25, -0.2) is 0 Å². The number of hydrogen-bond acceptors (Lipinski definition) is 2. The lowest BCUT2D eigenvalue weighted by Crippen LogP contribution is -1.98. The number of benzene rings is 1. The molecule has 0 fully saturated rings. The number of thioether (sulfide) groups is 1. The third-order valence-corrected chi connectivity index (χ3v) is 3.30. The Morgan fingerprint density at radius 2 is 2.12 bits per heavy atom. The summed E-state index contributed by atoms with van der Waals surface area (Å²) in [5.41, 5.74) is 1.98. The highest BCUT2D eigenvalue weighted by Gasteiger charge is 2.10. The molecule has 0 aliphatic rings. The van der Waals surface area contributed by atoms with E-state index in [1.165, 1.54) is 0 Å². The molecule has 0 atom stereocenters. The van der Waals surface area contributed by atoms with Gasteiger partial charge in [-0.15, -0.1) is 0 Å². The molecular weight excluding hydrogens is 218 g/mol. The van der Waals surface area contributed by atoms with E-state index in [-0.39, 0.29) is 5.78 Å². The van der Waals surface area contributed by atoms with Crippen LogP contribution in [0.4, 0.5) is 0 Å². The van der Waals surface area contributed by atoms with Crippen molar-refractivity contribution in [3.63, 3.8) is 0 Å². The first-order chi connectivity index (χ1) is 7.74. The average Bonchev–Trinajstić information content (AvgIpc) is 2.65. The van der Waals surface area contributed by atoms with Crippen molar-refractivity contribution in [1.29, 1.82) is 0 Å². The van der Waals surface area contributed by atoms with Crippen molar-refractivity contribution in [2.75, 3.05) is 12.0 Å². The van der Waals surface area contributed by atoms with Crippen molar-refractivity contribution in [3.05, 3.63) is 36.0 Å². The van der Waals surface area contributed by atoms with Crippen molar-refractivity contribution in [3.8, 4) is 0 Å². The van der Waals surface area contributed by atoms with E-state index in [0.29, 0.717) is 0 Å². The van der Waals surface area contributed by atoms with Crippen LogP contribution in [-0.4, -0.2) is 22.4 Å². The minimum absolute atomic E-state index is 0.138. The van der Waals surface area contributed by atoms with Gasteiger partial charge in [0.1, 0.15) is 0 Å². The Balaban J connectivity index is 2.53. The maximum atomic E-state index is 11.5. The summed E-state index contributed by atoms with van der Waals surface area (Å²) in [4.78, 5) is 11.5. The summed E-state index contributed by atoms with van der Waals surface area (Å²) in [7, 11) is 0. The number of fused-ring (bicyclic) bond motifs is 1. The summed E-state index contributed by atoms with van der Waals surface area (Å²) in [6.45, 7) is 2.58. The van der Waals surface area contributed by atoms with E-state index in [9.17, 15) is 4.79 Å². The Labute approximate surface area is 99.6 Å². The molecule has 0 spiro atoms. The molecule has 16 heavy (non-hydrogen) atoms. The van der Waals surface area contributed by atoms with Gasteiger partial charge in [0.05, 0.1) is 0 Å². The Bertz CT molecular complexity index is 516. The van der Waals surface area contributed by atoms with E-state index in [4.69, 9.17) is 0 Å². The molecule has 84 valence electrons. The Morgan fingerprint density at radius 1 is 1.38 bits per heavy atom. The van der Waals surface area contributed by atoms with Crippen LogP contribution in [0.2, 0.25) is 0 Å². The van der Waals surface area contributed by atoms with Crippen LogP contribution in [-0.2, 0) is 6.54 Å². The normalized spacial score (nSPS) is 10.9. The van der Waals surface area contributed by atoms with Crippen LogP contribution < -0.4 is 0 Å². The largest absolute Gasteiger partial charge is 0.346 e. The maximum absolute atomic E-state index is 11.5. The topological polar surface area (TPSA) is 22.0 Å². The predicted molar refractivity (Wildman–Crippen MR) is 70.3 cm³/mol. The van der Waals surface area contributed by atoms with Crippen LogP contribution in [0.5, 0.6) is 0 Å². The second-order valence-electron chi connectivity index (χ2n) is 3.80. The molecule has 0 radical (unpaired) electrons. The highest BCUT2D eigenvalue weighted by molar-refractivity contribution is 7.98. The van der Waals surface area contributed by atoms with Gasteiger partial charge < -0.3 is 4.57 Å². The number of carbonyl (C=O) groups excluding carboxylic acids is 1. The van der Waals surface area contributed by atoms with Gasteiger partial charge in [-0.3, -0.25) is 4.79 Å². The first-order valence-corrected chi connectivity index (χ1v) is 6.71. The van der Waals surface area contributed by atoms with Crippen LogP contribution in [0.15, 0.2) is 30.5 Å². The molecule has 2 rings (SSSR count). The molecule has 1 aromatic heterocycles. The molecule has 0 bridgehead atoms. The monoisotopic (exact) mass is 233 g/mol.